The highest BCUT2D eigenvalue weighted by Gasteiger charge is 2.21. The van der Waals surface area contributed by atoms with Crippen molar-refractivity contribution in [3.05, 3.63) is 0 Å². The summed E-state index contributed by atoms with van der Waals surface area (Å²) in [5, 5.41) is 5.70. The molecule has 0 spiro atoms. The van der Waals surface area contributed by atoms with Gasteiger partial charge in [0.05, 0.1) is 6.04 Å². The molecule has 2 heterocycles. The third kappa shape index (κ3) is 6.57. The van der Waals surface area contributed by atoms with Gasteiger partial charge < -0.3 is 10.6 Å². The first-order valence-corrected chi connectivity index (χ1v) is 7.32. The molecule has 0 aliphatic carbocycles. The molecule has 1 atom stereocenters. The Morgan fingerprint density at radius 1 is 0.947 bits per heavy atom. The number of nitrogens with zero attached hydrogens (tertiary/aromatic N) is 1. The van der Waals surface area contributed by atoms with Gasteiger partial charge in [0.15, 0.2) is 0 Å². The zero-order valence-electron chi connectivity index (χ0n) is 12.2. The minimum absolute atomic E-state index is 0.0949. The van der Waals surface area contributed by atoms with E-state index in [1.807, 2.05) is 19.0 Å². The van der Waals surface area contributed by atoms with Gasteiger partial charge in [-0.1, -0.05) is 6.42 Å². The quantitative estimate of drug-likeness (QED) is 0.743. The average molecular weight is 269 g/mol. The molecule has 110 valence electrons. The van der Waals surface area contributed by atoms with Crippen LogP contribution in [0.3, 0.4) is 0 Å². The van der Waals surface area contributed by atoms with E-state index in [4.69, 9.17) is 0 Å². The van der Waals surface area contributed by atoms with Crippen molar-refractivity contribution in [1.82, 2.24) is 15.5 Å². The van der Waals surface area contributed by atoms with E-state index in [1.165, 1.54) is 6.42 Å². The maximum Gasteiger partial charge on any atom is 0.237 e. The Balaban J connectivity index is 0.000000200. The fraction of sp³-hybridized carbons (Fsp3) is 0.857. The number of hydrogen-bond acceptors (Lipinski definition) is 3. The van der Waals surface area contributed by atoms with Crippen LogP contribution in [0.4, 0.5) is 0 Å². The molecule has 2 amide bonds. The van der Waals surface area contributed by atoms with Crippen LogP contribution in [0.2, 0.25) is 0 Å². The molecule has 5 nitrogen and oxygen atoms in total. The second kappa shape index (κ2) is 8.91. The van der Waals surface area contributed by atoms with E-state index in [-0.39, 0.29) is 17.9 Å². The lowest BCUT2D eigenvalue weighted by Crippen LogP contribution is -2.41. The Morgan fingerprint density at radius 2 is 1.63 bits per heavy atom. The highest BCUT2D eigenvalue weighted by molar-refractivity contribution is 5.81. The van der Waals surface area contributed by atoms with Gasteiger partial charge in [-0.3, -0.25) is 14.5 Å². The monoisotopic (exact) mass is 269 g/mol. The van der Waals surface area contributed by atoms with Crippen molar-refractivity contribution in [2.45, 2.75) is 51.0 Å². The first kappa shape index (κ1) is 16.0. The number of carbonyl (C=O) groups excluding carboxylic acids is 2. The Hall–Kier alpha value is -1.10. The topological polar surface area (TPSA) is 61.4 Å². The van der Waals surface area contributed by atoms with Gasteiger partial charge in [0.25, 0.3) is 0 Å². The highest BCUT2D eigenvalue weighted by Crippen LogP contribution is 2.08. The maximum absolute atomic E-state index is 11.3. The number of amides is 2. The number of hydrogen-bond donors (Lipinski definition) is 2. The molecule has 5 heteroatoms. The Bertz CT molecular complexity index is 282. The maximum atomic E-state index is 11.3. The Kier molecular flexibility index (Phi) is 7.48. The zero-order chi connectivity index (χ0) is 14.1. The van der Waals surface area contributed by atoms with E-state index in [9.17, 15) is 9.59 Å². The van der Waals surface area contributed by atoms with Crippen LogP contribution in [0.15, 0.2) is 0 Å². The summed E-state index contributed by atoms with van der Waals surface area (Å²) in [6.45, 7) is 1.74. The first-order valence-electron chi connectivity index (χ1n) is 7.32. The summed E-state index contributed by atoms with van der Waals surface area (Å²) >= 11 is 0. The minimum Gasteiger partial charge on any atom is -0.356 e. The molecule has 2 fully saturated rings. The SMILES string of the molecule is CN(C)C1CCCCNC1=O.O=C1CCCCCN1. The van der Waals surface area contributed by atoms with Crippen LogP contribution in [0.1, 0.15) is 44.9 Å². The molecule has 0 saturated carbocycles. The molecule has 0 aromatic rings. The predicted molar refractivity (Wildman–Crippen MR) is 75.8 cm³/mol. The molecule has 0 bridgehead atoms. The molecule has 19 heavy (non-hydrogen) atoms. The molecule has 2 aliphatic rings. The lowest BCUT2D eigenvalue weighted by molar-refractivity contribution is -0.125. The molecule has 1 unspecified atom stereocenters. The molecule has 2 saturated heterocycles. The van der Waals surface area contributed by atoms with E-state index in [1.54, 1.807) is 0 Å². The van der Waals surface area contributed by atoms with Crippen LogP contribution in [-0.2, 0) is 9.59 Å². The molecule has 2 N–H and O–H groups in total. The van der Waals surface area contributed by atoms with Crippen LogP contribution in [0.25, 0.3) is 0 Å². The predicted octanol–water partition coefficient (Wildman–Crippen LogP) is 0.893. The summed E-state index contributed by atoms with van der Waals surface area (Å²) in [6, 6.07) is 0.0949. The van der Waals surface area contributed by atoms with Crippen molar-refractivity contribution in [2.24, 2.45) is 0 Å². The zero-order valence-corrected chi connectivity index (χ0v) is 12.2. The fourth-order valence-corrected chi connectivity index (χ4v) is 2.32. The van der Waals surface area contributed by atoms with Crippen molar-refractivity contribution >= 4 is 11.8 Å². The van der Waals surface area contributed by atoms with Gasteiger partial charge in [0.1, 0.15) is 0 Å². The molecular weight excluding hydrogens is 242 g/mol. The molecule has 0 radical (unpaired) electrons. The van der Waals surface area contributed by atoms with E-state index in [2.05, 4.69) is 10.6 Å². The summed E-state index contributed by atoms with van der Waals surface area (Å²) in [4.78, 5) is 23.9. The van der Waals surface area contributed by atoms with Crippen molar-refractivity contribution in [3.8, 4) is 0 Å². The van der Waals surface area contributed by atoms with Gasteiger partial charge in [-0.15, -0.1) is 0 Å². The largest absolute Gasteiger partial charge is 0.356 e. The van der Waals surface area contributed by atoms with Crippen molar-refractivity contribution in [2.75, 3.05) is 27.2 Å². The second-order valence-corrected chi connectivity index (χ2v) is 5.43. The van der Waals surface area contributed by atoms with Gasteiger partial charge >= 0.3 is 0 Å². The van der Waals surface area contributed by atoms with Crippen molar-refractivity contribution < 1.29 is 9.59 Å². The van der Waals surface area contributed by atoms with Crippen LogP contribution in [0, 0.1) is 0 Å². The van der Waals surface area contributed by atoms with E-state index >= 15 is 0 Å². The van der Waals surface area contributed by atoms with Crippen molar-refractivity contribution in [3.63, 3.8) is 0 Å². The van der Waals surface area contributed by atoms with Gasteiger partial charge in [0.2, 0.25) is 11.8 Å². The van der Waals surface area contributed by atoms with E-state index in [0.717, 1.165) is 51.6 Å². The van der Waals surface area contributed by atoms with E-state index in [0.29, 0.717) is 0 Å². The Labute approximate surface area is 116 Å². The third-order valence-electron chi connectivity index (χ3n) is 3.53. The van der Waals surface area contributed by atoms with Gasteiger partial charge in [-0.2, -0.15) is 0 Å². The minimum atomic E-state index is 0.0949. The van der Waals surface area contributed by atoms with Crippen LogP contribution < -0.4 is 10.6 Å². The van der Waals surface area contributed by atoms with Crippen molar-refractivity contribution in [1.29, 1.82) is 0 Å². The molecular formula is C14H27N3O2. The second-order valence-electron chi connectivity index (χ2n) is 5.43. The lowest BCUT2D eigenvalue weighted by Gasteiger charge is -2.20. The van der Waals surface area contributed by atoms with Gasteiger partial charge in [-0.25, -0.2) is 0 Å². The van der Waals surface area contributed by atoms with Crippen LogP contribution in [0.5, 0.6) is 0 Å². The van der Waals surface area contributed by atoms with Crippen LogP contribution in [-0.4, -0.2) is 49.9 Å². The fourth-order valence-electron chi connectivity index (χ4n) is 2.32. The first-order chi connectivity index (χ1) is 9.11. The summed E-state index contributed by atoms with van der Waals surface area (Å²) in [6.07, 6.45) is 7.45. The molecule has 2 aliphatic heterocycles. The van der Waals surface area contributed by atoms with Gasteiger partial charge in [-0.05, 0) is 46.2 Å². The summed E-state index contributed by atoms with van der Waals surface area (Å²) in [7, 11) is 3.91. The summed E-state index contributed by atoms with van der Waals surface area (Å²) in [5.74, 6) is 0.412. The normalized spacial score (nSPS) is 24.5. The number of rotatable bonds is 1. The summed E-state index contributed by atoms with van der Waals surface area (Å²) < 4.78 is 0. The standard InChI is InChI=1S/C8H16N2O.C6H11NO/c1-10(2)7-5-3-4-6-9-8(7)11;8-6-4-2-1-3-5-7-6/h7H,3-6H2,1-2H3,(H,9,11);1-5H2,(H,7,8). The highest BCUT2D eigenvalue weighted by atomic mass is 16.2. The molecule has 0 aromatic heterocycles. The Morgan fingerprint density at radius 3 is 2.37 bits per heavy atom. The van der Waals surface area contributed by atoms with Crippen LogP contribution >= 0.6 is 0 Å². The third-order valence-corrected chi connectivity index (χ3v) is 3.53. The number of carbonyl (C=O) groups is 2. The molecule has 2 rings (SSSR count). The van der Waals surface area contributed by atoms with Gasteiger partial charge in [0, 0.05) is 19.5 Å². The number of likely N-dealkylation sites (N-methyl/N-ethyl adjacent to an activating group) is 1. The average Bonchev–Trinajstić information content (AvgIpc) is 2.72. The molecule has 0 aromatic carbocycles. The number of nitrogens with one attached hydrogen (secondary N) is 2. The smallest absolute Gasteiger partial charge is 0.237 e. The summed E-state index contributed by atoms with van der Waals surface area (Å²) in [5.41, 5.74) is 0. The van der Waals surface area contributed by atoms with E-state index < -0.39 is 0 Å². The lowest BCUT2D eigenvalue weighted by atomic mass is 10.1.